The number of likely N-dealkylation sites (tertiary alicyclic amines) is 1. The summed E-state index contributed by atoms with van der Waals surface area (Å²) in [5, 5.41) is 3.27. The molecule has 1 heterocycles. The van der Waals surface area contributed by atoms with Crippen molar-refractivity contribution in [3.8, 4) is 5.75 Å². The standard InChI is InChI=1S/C15H24N2O.ClH/c1-12-4-5-15(18-3)14(8-12)11-17-7-6-13(10-17)9-16-2;/h4-5,8,13,16H,6-7,9-11H2,1-3H3;1H. The van der Waals surface area contributed by atoms with E-state index in [0.717, 1.165) is 24.8 Å². The van der Waals surface area contributed by atoms with Crippen molar-refractivity contribution in [1.82, 2.24) is 10.2 Å². The first kappa shape index (κ1) is 16.3. The fourth-order valence-electron chi connectivity index (χ4n) is 2.78. The highest BCUT2D eigenvalue weighted by Crippen LogP contribution is 2.24. The molecule has 3 nitrogen and oxygen atoms in total. The molecule has 0 spiro atoms. The minimum Gasteiger partial charge on any atom is -0.496 e. The first-order valence-electron chi connectivity index (χ1n) is 6.73. The zero-order chi connectivity index (χ0) is 13.0. The predicted octanol–water partition coefficient (Wildman–Crippen LogP) is 2.47. The SMILES string of the molecule is CNCC1CCN(Cc2cc(C)ccc2OC)C1.Cl. The van der Waals surface area contributed by atoms with Gasteiger partial charge in [0.05, 0.1) is 7.11 Å². The third-order valence-corrected chi connectivity index (χ3v) is 3.69. The molecule has 0 aliphatic carbocycles. The van der Waals surface area contributed by atoms with Crippen molar-refractivity contribution in [3.05, 3.63) is 29.3 Å². The summed E-state index contributed by atoms with van der Waals surface area (Å²) in [6.07, 6.45) is 1.30. The zero-order valence-electron chi connectivity index (χ0n) is 12.1. The second-order valence-electron chi connectivity index (χ2n) is 5.26. The lowest BCUT2D eigenvalue weighted by atomic mass is 10.1. The van der Waals surface area contributed by atoms with Gasteiger partial charge >= 0.3 is 0 Å². The molecule has 1 saturated heterocycles. The van der Waals surface area contributed by atoms with Gasteiger partial charge in [-0.2, -0.15) is 0 Å². The fourth-order valence-corrected chi connectivity index (χ4v) is 2.78. The Hall–Kier alpha value is -0.770. The number of aryl methyl sites for hydroxylation is 1. The molecule has 4 heteroatoms. The van der Waals surface area contributed by atoms with Crippen molar-refractivity contribution < 1.29 is 4.74 Å². The van der Waals surface area contributed by atoms with E-state index in [-0.39, 0.29) is 12.4 Å². The molecule has 1 aliphatic heterocycles. The van der Waals surface area contributed by atoms with E-state index in [1.54, 1.807) is 7.11 Å². The molecule has 0 aromatic heterocycles. The maximum absolute atomic E-state index is 5.45. The van der Waals surface area contributed by atoms with Gasteiger partial charge in [-0.25, -0.2) is 0 Å². The molecule has 0 saturated carbocycles. The van der Waals surface area contributed by atoms with Crippen LogP contribution in [0.1, 0.15) is 17.5 Å². The van der Waals surface area contributed by atoms with Gasteiger partial charge in [0.1, 0.15) is 5.75 Å². The average Bonchev–Trinajstić information content (AvgIpc) is 2.77. The van der Waals surface area contributed by atoms with Gasteiger partial charge in [0.25, 0.3) is 0 Å². The van der Waals surface area contributed by atoms with E-state index in [2.05, 4.69) is 35.3 Å². The van der Waals surface area contributed by atoms with Crippen LogP contribution < -0.4 is 10.1 Å². The van der Waals surface area contributed by atoms with Gasteiger partial charge in [-0.3, -0.25) is 4.90 Å². The molecular weight excluding hydrogens is 260 g/mol. The third-order valence-electron chi connectivity index (χ3n) is 3.69. The van der Waals surface area contributed by atoms with Gasteiger partial charge in [-0.15, -0.1) is 12.4 Å². The Labute approximate surface area is 122 Å². The molecule has 1 aliphatic rings. The van der Waals surface area contributed by atoms with Gasteiger partial charge in [-0.1, -0.05) is 17.7 Å². The van der Waals surface area contributed by atoms with Crippen molar-refractivity contribution in [3.63, 3.8) is 0 Å². The number of ether oxygens (including phenoxy) is 1. The first-order valence-corrected chi connectivity index (χ1v) is 6.73. The summed E-state index contributed by atoms with van der Waals surface area (Å²) in [6, 6.07) is 6.42. The van der Waals surface area contributed by atoms with Gasteiger partial charge in [0, 0.05) is 18.7 Å². The highest BCUT2D eigenvalue weighted by molar-refractivity contribution is 5.85. The van der Waals surface area contributed by atoms with Crippen LogP contribution in [0.15, 0.2) is 18.2 Å². The Morgan fingerprint density at radius 3 is 2.89 bits per heavy atom. The van der Waals surface area contributed by atoms with Crippen LogP contribution in [-0.4, -0.2) is 38.7 Å². The number of nitrogens with zero attached hydrogens (tertiary/aromatic N) is 1. The number of benzene rings is 1. The van der Waals surface area contributed by atoms with E-state index in [4.69, 9.17) is 4.74 Å². The Kier molecular flexibility index (Phi) is 6.63. The number of nitrogens with one attached hydrogen (secondary N) is 1. The largest absolute Gasteiger partial charge is 0.496 e. The number of methoxy groups -OCH3 is 1. The predicted molar refractivity (Wildman–Crippen MR) is 82.3 cm³/mol. The van der Waals surface area contributed by atoms with Crippen LogP contribution in [0, 0.1) is 12.8 Å². The Morgan fingerprint density at radius 1 is 1.42 bits per heavy atom. The minimum atomic E-state index is 0. The van der Waals surface area contributed by atoms with Gasteiger partial charge < -0.3 is 10.1 Å². The quantitative estimate of drug-likeness (QED) is 0.899. The summed E-state index contributed by atoms with van der Waals surface area (Å²) in [4.78, 5) is 2.53. The summed E-state index contributed by atoms with van der Waals surface area (Å²) in [6.45, 7) is 6.66. The normalized spacial score (nSPS) is 19.2. The molecule has 0 amide bonds. The molecule has 19 heavy (non-hydrogen) atoms. The Balaban J connectivity index is 0.00000180. The van der Waals surface area contributed by atoms with E-state index in [1.807, 2.05) is 7.05 Å². The lowest BCUT2D eigenvalue weighted by Crippen LogP contribution is -2.24. The van der Waals surface area contributed by atoms with Crippen LogP contribution in [0.4, 0.5) is 0 Å². The molecular formula is C15H25ClN2O. The molecule has 1 atom stereocenters. The highest BCUT2D eigenvalue weighted by atomic mass is 35.5. The van der Waals surface area contributed by atoms with Gasteiger partial charge in [-0.05, 0) is 45.5 Å². The smallest absolute Gasteiger partial charge is 0.123 e. The van der Waals surface area contributed by atoms with E-state index in [9.17, 15) is 0 Å². The van der Waals surface area contributed by atoms with Crippen LogP contribution in [-0.2, 0) is 6.54 Å². The Morgan fingerprint density at radius 2 is 2.21 bits per heavy atom. The van der Waals surface area contributed by atoms with Crippen LogP contribution in [0.5, 0.6) is 5.75 Å². The van der Waals surface area contributed by atoms with Crippen molar-refractivity contribution in [2.75, 3.05) is 33.8 Å². The minimum absolute atomic E-state index is 0. The molecule has 1 unspecified atom stereocenters. The van der Waals surface area contributed by atoms with Crippen LogP contribution in [0.2, 0.25) is 0 Å². The molecule has 1 aromatic carbocycles. The second kappa shape index (κ2) is 7.73. The summed E-state index contributed by atoms with van der Waals surface area (Å²) in [5.74, 6) is 1.81. The Bertz CT molecular complexity index is 398. The average molecular weight is 285 g/mol. The lowest BCUT2D eigenvalue weighted by molar-refractivity contribution is 0.307. The van der Waals surface area contributed by atoms with Crippen molar-refractivity contribution in [1.29, 1.82) is 0 Å². The van der Waals surface area contributed by atoms with E-state index >= 15 is 0 Å². The first-order chi connectivity index (χ1) is 8.72. The third kappa shape index (κ3) is 4.37. The second-order valence-corrected chi connectivity index (χ2v) is 5.26. The molecule has 1 N–H and O–H groups in total. The molecule has 0 bridgehead atoms. The maximum atomic E-state index is 5.45. The van der Waals surface area contributed by atoms with Crippen molar-refractivity contribution in [2.24, 2.45) is 5.92 Å². The molecule has 0 radical (unpaired) electrons. The monoisotopic (exact) mass is 284 g/mol. The van der Waals surface area contributed by atoms with Gasteiger partial charge in [0.15, 0.2) is 0 Å². The van der Waals surface area contributed by atoms with Crippen molar-refractivity contribution >= 4 is 12.4 Å². The maximum Gasteiger partial charge on any atom is 0.123 e. The van der Waals surface area contributed by atoms with Crippen LogP contribution in [0.25, 0.3) is 0 Å². The molecule has 108 valence electrons. The van der Waals surface area contributed by atoms with Crippen molar-refractivity contribution in [2.45, 2.75) is 19.9 Å². The lowest BCUT2D eigenvalue weighted by Gasteiger charge is -2.18. The molecule has 1 aromatic rings. The number of hydrogen-bond donors (Lipinski definition) is 1. The fraction of sp³-hybridized carbons (Fsp3) is 0.600. The zero-order valence-corrected chi connectivity index (χ0v) is 12.9. The van der Waals surface area contributed by atoms with Crippen LogP contribution >= 0.6 is 12.4 Å². The summed E-state index contributed by atoms with van der Waals surface area (Å²) in [7, 11) is 3.79. The summed E-state index contributed by atoms with van der Waals surface area (Å²) >= 11 is 0. The number of hydrogen-bond acceptors (Lipinski definition) is 3. The molecule has 1 fully saturated rings. The topological polar surface area (TPSA) is 24.5 Å². The van der Waals surface area contributed by atoms with E-state index in [1.165, 1.54) is 30.6 Å². The number of halogens is 1. The van der Waals surface area contributed by atoms with E-state index < -0.39 is 0 Å². The van der Waals surface area contributed by atoms with Gasteiger partial charge in [0.2, 0.25) is 0 Å². The summed E-state index contributed by atoms with van der Waals surface area (Å²) < 4.78 is 5.45. The molecule has 2 rings (SSSR count). The number of rotatable bonds is 5. The van der Waals surface area contributed by atoms with Crippen LogP contribution in [0.3, 0.4) is 0 Å². The van der Waals surface area contributed by atoms with E-state index in [0.29, 0.717) is 0 Å². The summed E-state index contributed by atoms with van der Waals surface area (Å²) in [5.41, 5.74) is 2.61. The highest BCUT2D eigenvalue weighted by Gasteiger charge is 2.22.